The van der Waals surface area contributed by atoms with E-state index >= 15 is 0 Å². The molecule has 1 fully saturated rings. The van der Waals surface area contributed by atoms with Crippen molar-refractivity contribution in [2.75, 3.05) is 33.2 Å². The molecule has 3 aromatic rings. The lowest BCUT2D eigenvalue weighted by molar-refractivity contribution is -0.883. The number of benzene rings is 2. The Morgan fingerprint density at radius 2 is 1.74 bits per heavy atom. The fourth-order valence-corrected chi connectivity index (χ4v) is 5.38. The molecule has 1 aliphatic rings. The zero-order valence-electron chi connectivity index (χ0n) is 15.1. The van der Waals surface area contributed by atoms with E-state index in [9.17, 15) is 8.42 Å². The van der Waals surface area contributed by atoms with E-state index in [4.69, 9.17) is 0 Å². The lowest BCUT2D eigenvalue weighted by atomic mass is 10.1. The minimum atomic E-state index is -3.46. The van der Waals surface area contributed by atoms with Gasteiger partial charge in [-0.1, -0.05) is 42.1 Å². The van der Waals surface area contributed by atoms with Gasteiger partial charge in [-0.25, -0.2) is 13.4 Å². The first-order valence-corrected chi connectivity index (χ1v) is 11.2. The predicted octanol–water partition coefficient (Wildman–Crippen LogP) is 1.90. The maximum atomic E-state index is 12.8. The second kappa shape index (κ2) is 7.59. The standard InChI is InChI=1S/C20H21N3O2S2/c1-22-10-12-23(13-11-22)27(24,25)19-8-9-20(21-15-19)26-18-7-6-16-4-2-3-5-17(16)14-18/h2-9,14-15H,10-13H2,1H3/p+1. The monoisotopic (exact) mass is 400 g/mol. The molecule has 0 saturated carbocycles. The Labute approximate surface area is 164 Å². The van der Waals surface area contributed by atoms with E-state index in [-0.39, 0.29) is 4.90 Å². The molecule has 1 aromatic heterocycles. The van der Waals surface area contributed by atoms with Crippen molar-refractivity contribution in [3.05, 3.63) is 60.8 Å². The largest absolute Gasteiger partial charge is 0.335 e. The highest BCUT2D eigenvalue weighted by atomic mass is 32.2. The van der Waals surface area contributed by atoms with E-state index in [2.05, 4.69) is 42.4 Å². The van der Waals surface area contributed by atoms with Crippen molar-refractivity contribution in [1.82, 2.24) is 9.29 Å². The van der Waals surface area contributed by atoms with Crippen LogP contribution in [0.5, 0.6) is 0 Å². The fraction of sp³-hybridized carbons (Fsp3) is 0.250. The van der Waals surface area contributed by atoms with Gasteiger partial charge >= 0.3 is 0 Å². The van der Waals surface area contributed by atoms with Crippen molar-refractivity contribution in [1.29, 1.82) is 0 Å². The van der Waals surface area contributed by atoms with Crippen molar-refractivity contribution >= 4 is 32.6 Å². The van der Waals surface area contributed by atoms with E-state index in [1.807, 2.05) is 12.1 Å². The summed E-state index contributed by atoms with van der Waals surface area (Å²) >= 11 is 1.53. The number of nitrogens with one attached hydrogen (secondary N) is 1. The maximum Gasteiger partial charge on any atom is 0.245 e. The summed E-state index contributed by atoms with van der Waals surface area (Å²) in [6, 6.07) is 17.9. The summed E-state index contributed by atoms with van der Waals surface area (Å²) in [4.78, 5) is 7.10. The SMILES string of the molecule is C[NH+]1CCN(S(=O)(=O)c2ccc(Sc3ccc4ccccc4c3)nc2)CC1. The third-order valence-corrected chi connectivity index (χ3v) is 7.69. The number of hydrogen-bond acceptors (Lipinski definition) is 4. The molecule has 0 radical (unpaired) electrons. The molecule has 2 heterocycles. The first-order valence-electron chi connectivity index (χ1n) is 8.96. The van der Waals surface area contributed by atoms with Crippen LogP contribution >= 0.6 is 11.8 Å². The Morgan fingerprint density at radius 3 is 2.44 bits per heavy atom. The van der Waals surface area contributed by atoms with Gasteiger partial charge in [-0.05, 0) is 35.0 Å². The van der Waals surface area contributed by atoms with E-state index in [1.165, 1.54) is 33.6 Å². The molecule has 0 aliphatic carbocycles. The zero-order chi connectivity index (χ0) is 18.9. The van der Waals surface area contributed by atoms with Crippen LogP contribution in [0.15, 0.2) is 75.6 Å². The van der Waals surface area contributed by atoms with Crippen molar-refractivity contribution < 1.29 is 13.3 Å². The number of hydrogen-bond donors (Lipinski definition) is 1. The molecule has 4 rings (SSSR count). The van der Waals surface area contributed by atoms with Crippen molar-refractivity contribution in [3.63, 3.8) is 0 Å². The molecule has 1 N–H and O–H groups in total. The highest BCUT2D eigenvalue weighted by molar-refractivity contribution is 7.99. The lowest BCUT2D eigenvalue weighted by Gasteiger charge is -2.29. The van der Waals surface area contributed by atoms with Gasteiger partial charge in [0.1, 0.15) is 9.92 Å². The van der Waals surface area contributed by atoms with E-state index in [0.717, 1.165) is 23.0 Å². The van der Waals surface area contributed by atoms with Gasteiger partial charge < -0.3 is 4.90 Å². The van der Waals surface area contributed by atoms with Crippen LogP contribution in [0.1, 0.15) is 0 Å². The summed E-state index contributed by atoms with van der Waals surface area (Å²) < 4.78 is 27.1. The number of likely N-dealkylation sites (N-methyl/N-ethyl adjacent to an activating group) is 1. The average molecular weight is 401 g/mol. The molecule has 1 aliphatic heterocycles. The van der Waals surface area contributed by atoms with Crippen LogP contribution in [-0.2, 0) is 10.0 Å². The second-order valence-corrected chi connectivity index (χ2v) is 9.84. The van der Waals surface area contributed by atoms with E-state index in [1.54, 1.807) is 16.4 Å². The molecule has 0 amide bonds. The summed E-state index contributed by atoms with van der Waals surface area (Å²) in [6.07, 6.45) is 1.48. The van der Waals surface area contributed by atoms with Gasteiger partial charge in [0.25, 0.3) is 0 Å². The van der Waals surface area contributed by atoms with Crippen LogP contribution in [0.4, 0.5) is 0 Å². The third-order valence-electron chi connectivity index (χ3n) is 4.87. The number of quaternary nitrogens is 1. The number of sulfonamides is 1. The van der Waals surface area contributed by atoms with Crippen LogP contribution < -0.4 is 4.90 Å². The molecular formula is C20H22N3O2S2+. The topological polar surface area (TPSA) is 54.7 Å². The number of pyridine rings is 1. The molecule has 5 nitrogen and oxygen atoms in total. The molecule has 7 heteroatoms. The summed E-state index contributed by atoms with van der Waals surface area (Å²) in [6.45, 7) is 2.79. The minimum absolute atomic E-state index is 0.268. The first-order chi connectivity index (χ1) is 13.0. The van der Waals surface area contributed by atoms with Crippen LogP contribution in [0, 0.1) is 0 Å². The van der Waals surface area contributed by atoms with E-state index < -0.39 is 10.0 Å². The summed E-state index contributed by atoms with van der Waals surface area (Å²) in [5.74, 6) is 0. The smallest absolute Gasteiger partial charge is 0.245 e. The normalized spacial score (nSPS) is 16.6. The van der Waals surface area contributed by atoms with Crippen molar-refractivity contribution in [2.24, 2.45) is 0 Å². The quantitative estimate of drug-likeness (QED) is 0.727. The Balaban J connectivity index is 1.51. The fourth-order valence-electron chi connectivity index (χ4n) is 3.19. The number of rotatable bonds is 4. The molecule has 0 spiro atoms. The predicted molar refractivity (Wildman–Crippen MR) is 108 cm³/mol. The molecule has 2 aromatic carbocycles. The van der Waals surface area contributed by atoms with E-state index in [0.29, 0.717) is 13.1 Å². The molecule has 0 atom stereocenters. The number of piperazine rings is 1. The molecule has 27 heavy (non-hydrogen) atoms. The third kappa shape index (κ3) is 4.01. The lowest BCUT2D eigenvalue weighted by Crippen LogP contribution is -3.12. The minimum Gasteiger partial charge on any atom is -0.335 e. The molecular weight excluding hydrogens is 378 g/mol. The highest BCUT2D eigenvalue weighted by Crippen LogP contribution is 2.29. The summed E-state index contributed by atoms with van der Waals surface area (Å²) in [7, 11) is -1.37. The maximum absolute atomic E-state index is 12.8. The van der Waals surface area contributed by atoms with Gasteiger partial charge in [0.15, 0.2) is 0 Å². The average Bonchev–Trinajstić information content (AvgIpc) is 2.69. The highest BCUT2D eigenvalue weighted by Gasteiger charge is 2.29. The zero-order valence-corrected chi connectivity index (χ0v) is 16.8. The first kappa shape index (κ1) is 18.4. The Hall–Kier alpha value is -1.93. The summed E-state index contributed by atoms with van der Waals surface area (Å²) in [5, 5.41) is 3.16. The van der Waals surface area contributed by atoms with Crippen LogP contribution in [-0.4, -0.2) is 50.9 Å². The molecule has 0 unspecified atom stereocenters. The second-order valence-electron chi connectivity index (χ2n) is 6.80. The molecule has 0 bridgehead atoms. The van der Waals surface area contributed by atoms with Crippen LogP contribution in [0.2, 0.25) is 0 Å². The number of aromatic nitrogens is 1. The van der Waals surface area contributed by atoms with Crippen LogP contribution in [0.3, 0.4) is 0 Å². The van der Waals surface area contributed by atoms with Gasteiger partial charge in [0.2, 0.25) is 10.0 Å². The Kier molecular flexibility index (Phi) is 5.19. The van der Waals surface area contributed by atoms with Gasteiger partial charge in [-0.3, -0.25) is 0 Å². The van der Waals surface area contributed by atoms with Crippen molar-refractivity contribution in [2.45, 2.75) is 14.8 Å². The Morgan fingerprint density at radius 1 is 1.00 bits per heavy atom. The summed E-state index contributed by atoms with van der Waals surface area (Å²) in [5.41, 5.74) is 0. The van der Waals surface area contributed by atoms with Gasteiger partial charge in [-0.2, -0.15) is 4.31 Å². The molecule has 140 valence electrons. The van der Waals surface area contributed by atoms with Gasteiger partial charge in [0.05, 0.1) is 33.2 Å². The van der Waals surface area contributed by atoms with Crippen LogP contribution in [0.25, 0.3) is 10.8 Å². The van der Waals surface area contributed by atoms with Gasteiger partial charge in [0, 0.05) is 11.1 Å². The number of nitrogens with zero attached hydrogens (tertiary/aromatic N) is 2. The number of fused-ring (bicyclic) bond motifs is 1. The van der Waals surface area contributed by atoms with Crippen molar-refractivity contribution in [3.8, 4) is 0 Å². The van der Waals surface area contributed by atoms with Gasteiger partial charge in [-0.15, -0.1) is 0 Å². The Bertz CT molecular complexity index is 1040. The molecule has 1 saturated heterocycles.